The zero-order valence-electron chi connectivity index (χ0n) is 17.6. The Morgan fingerprint density at radius 2 is 1.96 bits per heavy atom. The number of fused-ring (bicyclic) bond motifs is 1. The van der Waals surface area contributed by atoms with Gasteiger partial charge >= 0.3 is 12.1 Å². The SMILES string of the molecule is CC[C@H]1OC(=O)CC(=O)CC[C@H](OC)C[C@@H](C)CN[C@H](C)[C@H]2NC(=O)O[C@@]21C. The summed E-state index contributed by atoms with van der Waals surface area (Å²) in [6, 6.07) is -0.469. The molecule has 2 rings (SSSR count). The normalized spacial score (nSPS) is 38.5. The number of ketones is 1. The number of methoxy groups -OCH3 is 1. The van der Waals surface area contributed by atoms with Crippen LogP contribution in [0.3, 0.4) is 0 Å². The molecule has 2 aliphatic heterocycles. The predicted molar refractivity (Wildman–Crippen MR) is 103 cm³/mol. The van der Waals surface area contributed by atoms with Crippen molar-refractivity contribution >= 4 is 17.8 Å². The van der Waals surface area contributed by atoms with Crippen LogP contribution < -0.4 is 10.6 Å². The Hall–Kier alpha value is -1.67. The minimum Gasteiger partial charge on any atom is -0.458 e. The summed E-state index contributed by atoms with van der Waals surface area (Å²) in [5.41, 5.74) is -1.02. The van der Waals surface area contributed by atoms with E-state index < -0.39 is 23.8 Å². The molecule has 1 amide bonds. The highest BCUT2D eigenvalue weighted by atomic mass is 16.6. The second-order valence-corrected chi connectivity index (χ2v) is 8.23. The van der Waals surface area contributed by atoms with Crippen LogP contribution in [0.5, 0.6) is 0 Å². The molecule has 8 heteroatoms. The number of hydrogen-bond acceptors (Lipinski definition) is 7. The molecule has 0 aromatic carbocycles. The van der Waals surface area contributed by atoms with Crippen molar-refractivity contribution in [1.82, 2.24) is 10.6 Å². The van der Waals surface area contributed by atoms with Gasteiger partial charge in [0.05, 0.1) is 12.1 Å². The molecule has 0 aromatic rings. The summed E-state index contributed by atoms with van der Waals surface area (Å²) >= 11 is 0. The summed E-state index contributed by atoms with van der Waals surface area (Å²) in [6.07, 6.45) is 0.637. The van der Waals surface area contributed by atoms with Crippen molar-refractivity contribution < 1.29 is 28.6 Å². The quantitative estimate of drug-likeness (QED) is 0.541. The van der Waals surface area contributed by atoms with E-state index in [4.69, 9.17) is 14.2 Å². The summed E-state index contributed by atoms with van der Waals surface area (Å²) in [7, 11) is 1.64. The average molecular weight is 399 g/mol. The van der Waals surface area contributed by atoms with Gasteiger partial charge in [-0.15, -0.1) is 0 Å². The lowest BCUT2D eigenvalue weighted by Crippen LogP contribution is -2.59. The number of ether oxygens (including phenoxy) is 3. The van der Waals surface area contributed by atoms with Crippen LogP contribution in [0.1, 0.15) is 59.8 Å². The number of nitrogens with one attached hydrogen (secondary N) is 2. The predicted octanol–water partition coefficient (Wildman–Crippen LogP) is 1.95. The molecule has 0 aliphatic carbocycles. The molecule has 0 saturated carbocycles. The Labute approximate surface area is 167 Å². The highest BCUT2D eigenvalue weighted by molar-refractivity contribution is 5.95. The van der Waals surface area contributed by atoms with E-state index in [9.17, 15) is 14.4 Å². The number of hydrogen-bond donors (Lipinski definition) is 2. The zero-order valence-corrected chi connectivity index (χ0v) is 17.6. The molecule has 160 valence electrons. The molecule has 0 spiro atoms. The first-order valence-corrected chi connectivity index (χ1v) is 10.2. The van der Waals surface area contributed by atoms with Gasteiger partial charge in [0.25, 0.3) is 0 Å². The minimum atomic E-state index is -1.02. The van der Waals surface area contributed by atoms with E-state index in [1.54, 1.807) is 14.0 Å². The molecule has 0 aromatic heterocycles. The third-order valence-corrected chi connectivity index (χ3v) is 5.86. The van der Waals surface area contributed by atoms with E-state index in [2.05, 4.69) is 17.6 Å². The lowest BCUT2D eigenvalue weighted by atomic mass is 9.85. The average Bonchev–Trinajstić information content (AvgIpc) is 2.95. The maximum atomic E-state index is 12.3. The summed E-state index contributed by atoms with van der Waals surface area (Å²) in [5, 5.41) is 6.33. The van der Waals surface area contributed by atoms with Crippen LogP contribution >= 0.6 is 0 Å². The molecular weight excluding hydrogens is 364 g/mol. The molecule has 2 aliphatic rings. The van der Waals surface area contributed by atoms with Gasteiger partial charge in [-0.1, -0.05) is 13.8 Å². The van der Waals surface area contributed by atoms with Crippen LogP contribution in [0.25, 0.3) is 0 Å². The van der Waals surface area contributed by atoms with E-state index in [1.165, 1.54) is 0 Å². The first-order valence-electron chi connectivity index (χ1n) is 10.2. The third-order valence-electron chi connectivity index (χ3n) is 5.86. The summed E-state index contributed by atoms with van der Waals surface area (Å²) in [6.45, 7) is 8.48. The Morgan fingerprint density at radius 1 is 1.25 bits per heavy atom. The molecule has 2 saturated heterocycles. The molecular formula is C20H34N2O6. The van der Waals surface area contributed by atoms with Crippen molar-refractivity contribution in [2.45, 2.75) is 89.7 Å². The second-order valence-electron chi connectivity index (χ2n) is 8.23. The monoisotopic (exact) mass is 398 g/mol. The summed E-state index contributed by atoms with van der Waals surface area (Å²) < 4.78 is 16.7. The molecule has 0 bridgehead atoms. The number of carbonyl (C=O) groups is 3. The fourth-order valence-corrected chi connectivity index (χ4v) is 4.20. The van der Waals surface area contributed by atoms with Crippen LogP contribution in [-0.2, 0) is 23.8 Å². The van der Waals surface area contributed by atoms with E-state index in [0.717, 1.165) is 13.0 Å². The van der Waals surface area contributed by atoms with Gasteiger partial charge in [0.15, 0.2) is 5.60 Å². The first-order chi connectivity index (χ1) is 13.2. The van der Waals surface area contributed by atoms with Crippen molar-refractivity contribution in [2.24, 2.45) is 5.92 Å². The van der Waals surface area contributed by atoms with Crippen LogP contribution in [0.15, 0.2) is 0 Å². The van der Waals surface area contributed by atoms with Crippen molar-refractivity contribution in [3.8, 4) is 0 Å². The molecule has 2 N–H and O–H groups in total. The maximum Gasteiger partial charge on any atom is 0.408 e. The number of alkyl carbamates (subject to hydrolysis) is 1. The van der Waals surface area contributed by atoms with Crippen molar-refractivity contribution in [3.63, 3.8) is 0 Å². The van der Waals surface area contributed by atoms with E-state index in [0.29, 0.717) is 18.8 Å². The molecule has 2 fully saturated rings. The fraction of sp³-hybridized carbons (Fsp3) is 0.850. The Balaban J connectivity index is 2.25. The van der Waals surface area contributed by atoms with Crippen molar-refractivity contribution in [2.75, 3.05) is 13.7 Å². The standard InChI is InChI=1S/C20H34N2O6/c1-6-16-20(4)18(22-19(25)28-20)13(3)21-11-12(2)9-15(26-5)8-7-14(23)10-17(24)27-16/h12-13,15-16,18,21H,6-11H2,1-5H3,(H,22,25)/t12-,13-,15+,16-,18-,20-/m1/s1. The van der Waals surface area contributed by atoms with Gasteiger partial charge in [0, 0.05) is 19.6 Å². The van der Waals surface area contributed by atoms with Crippen molar-refractivity contribution in [3.05, 3.63) is 0 Å². The van der Waals surface area contributed by atoms with E-state index in [-0.39, 0.29) is 36.8 Å². The minimum absolute atomic E-state index is 0.0413. The van der Waals surface area contributed by atoms with Crippen LogP contribution in [0.4, 0.5) is 4.79 Å². The number of cyclic esters (lactones) is 1. The van der Waals surface area contributed by atoms with Crippen molar-refractivity contribution in [1.29, 1.82) is 0 Å². The van der Waals surface area contributed by atoms with Crippen LogP contribution in [0.2, 0.25) is 0 Å². The lowest BCUT2D eigenvalue weighted by Gasteiger charge is -2.38. The van der Waals surface area contributed by atoms with Crippen LogP contribution in [-0.4, -0.2) is 61.4 Å². The third kappa shape index (κ3) is 5.44. The molecule has 0 unspecified atom stereocenters. The fourth-order valence-electron chi connectivity index (χ4n) is 4.20. The maximum absolute atomic E-state index is 12.3. The molecule has 2 heterocycles. The first kappa shape index (κ1) is 22.6. The van der Waals surface area contributed by atoms with Gasteiger partial charge in [0.2, 0.25) is 0 Å². The topological polar surface area (TPSA) is 103 Å². The number of amides is 1. The highest BCUT2D eigenvalue weighted by Crippen LogP contribution is 2.32. The van der Waals surface area contributed by atoms with E-state index >= 15 is 0 Å². The van der Waals surface area contributed by atoms with Gasteiger partial charge < -0.3 is 24.8 Å². The van der Waals surface area contributed by atoms with Gasteiger partial charge in [-0.25, -0.2) is 4.79 Å². The number of esters is 1. The summed E-state index contributed by atoms with van der Waals surface area (Å²) in [5.74, 6) is -0.437. The van der Waals surface area contributed by atoms with Gasteiger partial charge in [-0.3, -0.25) is 9.59 Å². The zero-order chi connectivity index (χ0) is 20.9. The van der Waals surface area contributed by atoms with E-state index in [1.807, 2.05) is 13.8 Å². The number of rotatable bonds is 2. The van der Waals surface area contributed by atoms with Gasteiger partial charge in [0.1, 0.15) is 18.3 Å². The molecule has 28 heavy (non-hydrogen) atoms. The lowest BCUT2D eigenvalue weighted by molar-refractivity contribution is -0.164. The second kappa shape index (κ2) is 9.69. The number of carbonyl (C=O) groups excluding carboxylic acids is 3. The Morgan fingerprint density at radius 3 is 2.61 bits per heavy atom. The Kier molecular flexibility index (Phi) is 7.83. The van der Waals surface area contributed by atoms with Crippen LogP contribution in [0, 0.1) is 5.92 Å². The smallest absolute Gasteiger partial charge is 0.408 e. The number of Topliss-reactive ketones (excluding diaryl/α,β-unsaturated/α-hetero) is 1. The van der Waals surface area contributed by atoms with Gasteiger partial charge in [-0.05, 0) is 45.6 Å². The highest BCUT2D eigenvalue weighted by Gasteiger charge is 2.54. The summed E-state index contributed by atoms with van der Waals surface area (Å²) in [4.78, 5) is 36.6. The molecule has 6 atom stereocenters. The largest absolute Gasteiger partial charge is 0.458 e. The Bertz CT molecular complexity index is 583. The molecule has 8 nitrogen and oxygen atoms in total. The van der Waals surface area contributed by atoms with Gasteiger partial charge in [-0.2, -0.15) is 0 Å². The molecule has 0 radical (unpaired) electrons.